The fourth-order valence-corrected chi connectivity index (χ4v) is 2.58. The quantitative estimate of drug-likeness (QED) is 0.745. The van der Waals surface area contributed by atoms with E-state index < -0.39 is 5.82 Å². The Hall–Kier alpha value is -2.21. The Morgan fingerprint density at radius 3 is 2.85 bits per heavy atom. The van der Waals surface area contributed by atoms with Gasteiger partial charge in [0.1, 0.15) is 17.1 Å². The molecule has 102 valence electrons. The summed E-state index contributed by atoms with van der Waals surface area (Å²) in [6.45, 7) is 0. The van der Waals surface area contributed by atoms with Crippen molar-refractivity contribution in [1.29, 1.82) is 0 Å². The first-order valence-corrected chi connectivity index (χ1v) is 6.65. The molecule has 6 heteroatoms. The molecule has 0 fully saturated rings. The van der Waals surface area contributed by atoms with Crippen molar-refractivity contribution in [1.82, 2.24) is 4.98 Å². The van der Waals surface area contributed by atoms with Crippen LogP contribution in [0.5, 0.6) is 5.75 Å². The molecule has 1 heterocycles. The Bertz CT molecular complexity index is 740. The molecular formula is C14H11FN2O2S. The fourth-order valence-electron chi connectivity index (χ4n) is 1.79. The number of hydrogen-bond donors (Lipinski definition) is 1. The number of nitrogens with two attached hydrogens (primary N) is 1. The molecule has 3 rings (SSSR count). The smallest absolute Gasteiger partial charge is 0.261 e. The second-order valence-electron chi connectivity index (χ2n) is 4.07. The van der Waals surface area contributed by atoms with Crippen LogP contribution in [0.1, 0.15) is 0 Å². The monoisotopic (exact) mass is 290 g/mol. The van der Waals surface area contributed by atoms with E-state index in [-0.39, 0.29) is 5.69 Å². The van der Waals surface area contributed by atoms with E-state index in [0.29, 0.717) is 21.5 Å². The first-order valence-electron chi connectivity index (χ1n) is 5.84. The molecule has 0 radical (unpaired) electrons. The van der Waals surface area contributed by atoms with E-state index in [1.165, 1.54) is 19.2 Å². The molecule has 0 atom stereocenters. The van der Waals surface area contributed by atoms with Gasteiger partial charge < -0.3 is 14.9 Å². The van der Waals surface area contributed by atoms with E-state index in [1.807, 2.05) is 24.3 Å². The lowest BCUT2D eigenvalue weighted by Crippen LogP contribution is -1.94. The van der Waals surface area contributed by atoms with Crippen molar-refractivity contribution in [3.05, 3.63) is 42.2 Å². The minimum absolute atomic E-state index is 0.256. The van der Waals surface area contributed by atoms with Gasteiger partial charge >= 0.3 is 0 Å². The topological polar surface area (TPSA) is 61.3 Å². The maximum Gasteiger partial charge on any atom is 0.261 e. The Morgan fingerprint density at radius 2 is 2.10 bits per heavy atom. The Balaban J connectivity index is 1.98. The number of methoxy groups -OCH3 is 1. The Kier molecular flexibility index (Phi) is 3.23. The SMILES string of the molecule is COc1cc(Sc2nc3ccccc3o2)c(F)cc1N. The number of rotatable bonds is 3. The van der Waals surface area contributed by atoms with Crippen LogP contribution in [0.25, 0.3) is 11.1 Å². The minimum Gasteiger partial charge on any atom is -0.495 e. The molecule has 0 spiro atoms. The van der Waals surface area contributed by atoms with Crippen LogP contribution in [0.4, 0.5) is 10.1 Å². The number of hydrogen-bond acceptors (Lipinski definition) is 5. The standard InChI is InChI=1S/C14H11FN2O2S/c1-18-12-7-13(8(15)6-9(12)16)20-14-17-10-4-2-3-5-11(10)19-14/h2-7H,16H2,1H3. The van der Waals surface area contributed by atoms with Crippen LogP contribution in [-0.2, 0) is 0 Å². The first kappa shape index (κ1) is 12.8. The van der Waals surface area contributed by atoms with Crippen LogP contribution in [0, 0.1) is 5.82 Å². The van der Waals surface area contributed by atoms with Gasteiger partial charge in [0.25, 0.3) is 5.22 Å². The van der Waals surface area contributed by atoms with Crippen LogP contribution in [0.15, 0.2) is 50.9 Å². The molecule has 0 saturated heterocycles. The summed E-state index contributed by atoms with van der Waals surface area (Å²) in [5.41, 5.74) is 7.30. The molecule has 4 nitrogen and oxygen atoms in total. The molecule has 1 aromatic heterocycles. The van der Waals surface area contributed by atoms with Crippen LogP contribution < -0.4 is 10.5 Å². The molecular weight excluding hydrogens is 279 g/mol. The third-order valence-corrected chi connectivity index (χ3v) is 3.64. The van der Waals surface area contributed by atoms with E-state index in [4.69, 9.17) is 14.9 Å². The van der Waals surface area contributed by atoms with Gasteiger partial charge in [0, 0.05) is 6.07 Å². The van der Waals surface area contributed by atoms with Gasteiger partial charge in [-0.3, -0.25) is 0 Å². The Labute approximate surface area is 118 Å². The van der Waals surface area contributed by atoms with Crippen LogP contribution in [0.3, 0.4) is 0 Å². The maximum atomic E-state index is 13.9. The fraction of sp³-hybridized carbons (Fsp3) is 0.0714. The Morgan fingerprint density at radius 1 is 1.30 bits per heavy atom. The summed E-state index contributed by atoms with van der Waals surface area (Å²) in [7, 11) is 1.48. The normalized spacial score (nSPS) is 10.9. The van der Waals surface area contributed by atoms with Crippen molar-refractivity contribution in [2.75, 3.05) is 12.8 Å². The van der Waals surface area contributed by atoms with Gasteiger partial charge in [0.2, 0.25) is 0 Å². The molecule has 20 heavy (non-hydrogen) atoms. The van der Waals surface area contributed by atoms with Crippen LogP contribution in [0.2, 0.25) is 0 Å². The van der Waals surface area contributed by atoms with Gasteiger partial charge in [-0.05, 0) is 30.0 Å². The molecule has 0 aliphatic heterocycles. The van der Waals surface area contributed by atoms with Crippen molar-refractivity contribution in [3.63, 3.8) is 0 Å². The zero-order chi connectivity index (χ0) is 14.1. The zero-order valence-corrected chi connectivity index (χ0v) is 11.4. The van der Waals surface area contributed by atoms with Gasteiger partial charge in [-0.1, -0.05) is 12.1 Å². The summed E-state index contributed by atoms with van der Waals surface area (Å²) in [6.07, 6.45) is 0. The number of anilines is 1. The summed E-state index contributed by atoms with van der Waals surface area (Å²) in [5, 5.41) is 0.372. The molecule has 0 aliphatic carbocycles. The zero-order valence-electron chi connectivity index (χ0n) is 10.6. The van der Waals surface area contributed by atoms with E-state index in [1.54, 1.807) is 0 Å². The predicted octanol–water partition coefficient (Wildman–Crippen LogP) is 3.71. The summed E-state index contributed by atoms with van der Waals surface area (Å²) >= 11 is 1.09. The van der Waals surface area contributed by atoms with Gasteiger partial charge in [-0.15, -0.1) is 0 Å². The number of fused-ring (bicyclic) bond motifs is 1. The molecule has 3 aromatic rings. The van der Waals surface area contributed by atoms with Gasteiger partial charge in [-0.2, -0.15) is 0 Å². The number of benzene rings is 2. The van der Waals surface area contributed by atoms with Gasteiger partial charge in [-0.25, -0.2) is 9.37 Å². The molecule has 2 N–H and O–H groups in total. The van der Waals surface area contributed by atoms with Crippen molar-refractivity contribution in [3.8, 4) is 5.75 Å². The second-order valence-corrected chi connectivity index (χ2v) is 5.07. The molecule has 0 bridgehead atoms. The lowest BCUT2D eigenvalue weighted by molar-refractivity contribution is 0.414. The maximum absolute atomic E-state index is 13.9. The average Bonchev–Trinajstić information content (AvgIpc) is 2.84. The number of aromatic nitrogens is 1. The second kappa shape index (κ2) is 5.05. The van der Waals surface area contributed by atoms with Gasteiger partial charge in [0.05, 0.1) is 17.7 Å². The summed E-state index contributed by atoms with van der Waals surface area (Å²) < 4.78 is 24.5. The number of para-hydroxylation sites is 2. The first-order chi connectivity index (χ1) is 9.67. The van der Waals surface area contributed by atoms with Gasteiger partial charge in [0.15, 0.2) is 5.58 Å². The molecule has 0 saturated carbocycles. The van der Waals surface area contributed by atoms with Crippen molar-refractivity contribution >= 4 is 28.5 Å². The average molecular weight is 290 g/mol. The van der Waals surface area contributed by atoms with E-state index in [0.717, 1.165) is 17.3 Å². The van der Waals surface area contributed by atoms with E-state index in [2.05, 4.69) is 4.98 Å². The lowest BCUT2D eigenvalue weighted by Gasteiger charge is -2.07. The molecule has 0 aliphatic rings. The third-order valence-electron chi connectivity index (χ3n) is 2.76. The molecule has 2 aromatic carbocycles. The highest BCUT2D eigenvalue weighted by Gasteiger charge is 2.13. The number of halogens is 1. The predicted molar refractivity (Wildman–Crippen MR) is 75.5 cm³/mol. The summed E-state index contributed by atoms with van der Waals surface area (Å²) in [4.78, 5) is 4.63. The number of ether oxygens (including phenoxy) is 1. The summed E-state index contributed by atoms with van der Waals surface area (Å²) in [6, 6.07) is 10.1. The number of oxazole rings is 1. The largest absolute Gasteiger partial charge is 0.495 e. The highest BCUT2D eigenvalue weighted by Crippen LogP contribution is 2.36. The van der Waals surface area contributed by atoms with Crippen molar-refractivity contribution in [2.24, 2.45) is 0 Å². The third kappa shape index (κ3) is 2.30. The highest BCUT2D eigenvalue weighted by atomic mass is 32.2. The minimum atomic E-state index is -0.435. The highest BCUT2D eigenvalue weighted by molar-refractivity contribution is 7.99. The van der Waals surface area contributed by atoms with Crippen molar-refractivity contribution in [2.45, 2.75) is 10.1 Å². The molecule has 0 amide bonds. The summed E-state index contributed by atoms with van der Waals surface area (Å²) in [5.74, 6) is -0.0134. The van der Waals surface area contributed by atoms with E-state index in [9.17, 15) is 4.39 Å². The van der Waals surface area contributed by atoms with Crippen LogP contribution in [-0.4, -0.2) is 12.1 Å². The van der Waals surface area contributed by atoms with Crippen molar-refractivity contribution < 1.29 is 13.5 Å². The van der Waals surface area contributed by atoms with E-state index >= 15 is 0 Å². The lowest BCUT2D eigenvalue weighted by atomic mass is 10.3. The van der Waals surface area contributed by atoms with Crippen LogP contribution >= 0.6 is 11.8 Å². The number of nitrogen functional groups attached to an aromatic ring is 1. The molecule has 0 unspecified atom stereocenters. The number of nitrogens with zero attached hydrogens (tertiary/aromatic N) is 1.